The van der Waals surface area contributed by atoms with Gasteiger partial charge in [0.15, 0.2) is 0 Å². The highest BCUT2D eigenvalue weighted by Crippen LogP contribution is 2.17. The predicted molar refractivity (Wildman–Crippen MR) is 72.1 cm³/mol. The Morgan fingerprint density at radius 2 is 2.22 bits per heavy atom. The van der Waals surface area contributed by atoms with Crippen molar-refractivity contribution in [2.24, 2.45) is 0 Å². The second-order valence-electron chi connectivity index (χ2n) is 4.29. The summed E-state index contributed by atoms with van der Waals surface area (Å²) in [7, 11) is 0. The molecule has 2 N–H and O–H groups in total. The van der Waals surface area contributed by atoms with Crippen molar-refractivity contribution in [1.82, 2.24) is 5.32 Å². The van der Waals surface area contributed by atoms with Gasteiger partial charge in [0.1, 0.15) is 0 Å². The Morgan fingerprint density at radius 3 is 2.83 bits per heavy atom. The molecule has 5 heteroatoms. The number of carboxylic acid groups (broad SMARTS) is 1. The first kappa shape index (κ1) is 14.7. The van der Waals surface area contributed by atoms with Crippen LogP contribution in [0.15, 0.2) is 11.4 Å². The zero-order valence-electron chi connectivity index (χ0n) is 10.7. The molecule has 1 atom stereocenters. The van der Waals surface area contributed by atoms with E-state index in [-0.39, 0.29) is 18.4 Å². The minimum atomic E-state index is -0.792. The van der Waals surface area contributed by atoms with Gasteiger partial charge in [-0.25, -0.2) is 0 Å². The van der Waals surface area contributed by atoms with Gasteiger partial charge in [-0.3, -0.25) is 9.59 Å². The first-order valence-electron chi connectivity index (χ1n) is 6.13. The van der Waals surface area contributed by atoms with Crippen LogP contribution in [0.25, 0.3) is 0 Å². The molecule has 18 heavy (non-hydrogen) atoms. The molecule has 1 unspecified atom stereocenters. The minimum absolute atomic E-state index is 0.00339. The maximum absolute atomic E-state index is 12.0. The van der Waals surface area contributed by atoms with Gasteiger partial charge < -0.3 is 10.4 Å². The Balaban J connectivity index is 2.42. The lowest BCUT2D eigenvalue weighted by Gasteiger charge is -2.13. The zero-order valence-corrected chi connectivity index (χ0v) is 11.5. The van der Waals surface area contributed by atoms with Gasteiger partial charge in [0, 0.05) is 12.5 Å². The summed E-state index contributed by atoms with van der Waals surface area (Å²) in [6, 6.07) is 1.97. The lowest BCUT2D eigenvalue weighted by molar-refractivity contribution is -0.137. The van der Waals surface area contributed by atoms with Crippen molar-refractivity contribution in [2.45, 2.75) is 45.6 Å². The third-order valence-corrected chi connectivity index (χ3v) is 3.69. The van der Waals surface area contributed by atoms with Gasteiger partial charge in [0.2, 0.25) is 0 Å². The summed E-state index contributed by atoms with van der Waals surface area (Å²) in [5.41, 5.74) is 1.07. The maximum Gasteiger partial charge on any atom is 0.303 e. The highest BCUT2D eigenvalue weighted by atomic mass is 32.1. The third kappa shape index (κ3) is 4.49. The van der Waals surface area contributed by atoms with Crippen LogP contribution in [0.1, 0.15) is 48.3 Å². The summed E-state index contributed by atoms with van der Waals surface area (Å²) in [6.07, 6.45) is 2.27. The van der Waals surface area contributed by atoms with E-state index in [0.717, 1.165) is 16.9 Å². The van der Waals surface area contributed by atoms with Crippen LogP contribution in [0.5, 0.6) is 0 Å². The number of nitrogens with one attached hydrogen (secondary N) is 1. The molecule has 0 saturated heterocycles. The number of hydrogen-bond acceptors (Lipinski definition) is 3. The van der Waals surface area contributed by atoms with Crippen LogP contribution in [0.4, 0.5) is 0 Å². The second kappa shape index (κ2) is 7.16. The van der Waals surface area contributed by atoms with Crippen LogP contribution in [-0.2, 0) is 11.2 Å². The van der Waals surface area contributed by atoms with Gasteiger partial charge in [-0.1, -0.05) is 6.92 Å². The van der Waals surface area contributed by atoms with E-state index in [0.29, 0.717) is 12.8 Å². The number of carbonyl (C=O) groups is 2. The topological polar surface area (TPSA) is 66.4 Å². The van der Waals surface area contributed by atoms with Crippen molar-refractivity contribution in [3.63, 3.8) is 0 Å². The van der Waals surface area contributed by atoms with Crippen molar-refractivity contribution in [3.8, 4) is 0 Å². The first-order valence-corrected chi connectivity index (χ1v) is 7.01. The summed E-state index contributed by atoms with van der Waals surface area (Å²) in [4.78, 5) is 23.1. The molecular weight excluding hydrogens is 250 g/mol. The van der Waals surface area contributed by atoms with E-state index in [9.17, 15) is 9.59 Å². The Labute approximate surface area is 111 Å². The fourth-order valence-corrected chi connectivity index (χ4v) is 2.63. The number of amides is 1. The number of rotatable bonds is 7. The molecule has 1 amide bonds. The molecule has 4 nitrogen and oxygen atoms in total. The molecule has 0 saturated carbocycles. The van der Waals surface area contributed by atoms with Crippen LogP contribution in [0, 0.1) is 0 Å². The Kier molecular flexibility index (Phi) is 5.85. The van der Waals surface area contributed by atoms with E-state index in [1.807, 2.05) is 25.3 Å². The van der Waals surface area contributed by atoms with Gasteiger partial charge >= 0.3 is 5.97 Å². The molecule has 0 aromatic carbocycles. The van der Waals surface area contributed by atoms with Gasteiger partial charge in [-0.2, -0.15) is 0 Å². The summed E-state index contributed by atoms with van der Waals surface area (Å²) >= 11 is 1.45. The van der Waals surface area contributed by atoms with E-state index in [4.69, 9.17) is 5.11 Å². The third-order valence-electron chi connectivity index (χ3n) is 2.74. The minimum Gasteiger partial charge on any atom is -0.481 e. The molecule has 100 valence electrons. The van der Waals surface area contributed by atoms with Crippen LogP contribution in [0.3, 0.4) is 0 Å². The van der Waals surface area contributed by atoms with Gasteiger partial charge in [0.25, 0.3) is 5.91 Å². The monoisotopic (exact) mass is 269 g/mol. The number of carbonyl (C=O) groups excluding carboxylic acids is 1. The van der Waals surface area contributed by atoms with Crippen molar-refractivity contribution in [2.75, 3.05) is 0 Å². The SMILES string of the molecule is CCc1ccsc1C(=O)NC(C)CCCC(=O)O. The van der Waals surface area contributed by atoms with E-state index < -0.39 is 5.97 Å². The molecule has 1 rings (SSSR count). The summed E-state index contributed by atoms with van der Waals surface area (Å²) < 4.78 is 0. The number of carboxylic acids is 1. The molecule has 0 aliphatic heterocycles. The van der Waals surface area contributed by atoms with Gasteiger partial charge in [-0.05, 0) is 43.2 Å². The average molecular weight is 269 g/mol. The standard InChI is InChI=1S/C13H19NO3S/c1-3-10-7-8-18-12(10)13(17)14-9(2)5-4-6-11(15)16/h7-9H,3-6H2,1-2H3,(H,14,17)(H,15,16). The fourth-order valence-electron chi connectivity index (χ4n) is 1.73. The summed E-state index contributed by atoms with van der Waals surface area (Å²) in [5, 5.41) is 13.4. The largest absolute Gasteiger partial charge is 0.481 e. The summed E-state index contributed by atoms with van der Waals surface area (Å²) in [6.45, 7) is 3.92. The highest BCUT2D eigenvalue weighted by Gasteiger charge is 2.14. The number of hydrogen-bond donors (Lipinski definition) is 2. The molecule has 0 fully saturated rings. The molecule has 0 radical (unpaired) electrons. The van der Waals surface area contributed by atoms with E-state index >= 15 is 0 Å². The number of aliphatic carboxylic acids is 1. The van der Waals surface area contributed by atoms with Crippen LogP contribution < -0.4 is 5.32 Å². The molecule has 1 heterocycles. The zero-order chi connectivity index (χ0) is 13.5. The number of thiophene rings is 1. The molecular formula is C13H19NO3S. The van der Waals surface area contributed by atoms with Crippen LogP contribution >= 0.6 is 11.3 Å². The molecule has 0 spiro atoms. The highest BCUT2D eigenvalue weighted by molar-refractivity contribution is 7.12. The van der Waals surface area contributed by atoms with E-state index in [1.165, 1.54) is 11.3 Å². The normalized spacial score (nSPS) is 12.1. The Morgan fingerprint density at radius 1 is 1.50 bits per heavy atom. The van der Waals surface area contributed by atoms with Crippen molar-refractivity contribution in [3.05, 3.63) is 21.9 Å². The number of aryl methyl sites for hydroxylation is 1. The van der Waals surface area contributed by atoms with E-state index in [2.05, 4.69) is 5.32 Å². The smallest absolute Gasteiger partial charge is 0.303 e. The molecule has 0 aliphatic rings. The summed E-state index contributed by atoms with van der Waals surface area (Å²) in [5.74, 6) is -0.843. The van der Waals surface area contributed by atoms with Gasteiger partial charge in [-0.15, -0.1) is 11.3 Å². The van der Waals surface area contributed by atoms with Crippen molar-refractivity contribution in [1.29, 1.82) is 0 Å². The van der Waals surface area contributed by atoms with E-state index in [1.54, 1.807) is 0 Å². The van der Waals surface area contributed by atoms with Crippen LogP contribution in [0.2, 0.25) is 0 Å². The lowest BCUT2D eigenvalue weighted by atomic mass is 10.1. The molecule has 1 aromatic rings. The van der Waals surface area contributed by atoms with Crippen molar-refractivity contribution < 1.29 is 14.7 Å². The predicted octanol–water partition coefficient (Wildman–Crippen LogP) is 2.68. The van der Waals surface area contributed by atoms with Gasteiger partial charge in [0.05, 0.1) is 4.88 Å². The Hall–Kier alpha value is -1.36. The van der Waals surface area contributed by atoms with Crippen LogP contribution in [-0.4, -0.2) is 23.0 Å². The Bertz CT molecular complexity index is 414. The molecule has 1 aromatic heterocycles. The second-order valence-corrected chi connectivity index (χ2v) is 5.21. The quantitative estimate of drug-likeness (QED) is 0.799. The maximum atomic E-state index is 12.0. The average Bonchev–Trinajstić information content (AvgIpc) is 2.76. The van der Waals surface area contributed by atoms with Crippen molar-refractivity contribution >= 4 is 23.2 Å². The first-order chi connectivity index (χ1) is 8.54. The fraction of sp³-hybridized carbons (Fsp3) is 0.538. The molecule has 0 aliphatic carbocycles. The lowest BCUT2D eigenvalue weighted by Crippen LogP contribution is -2.32. The molecule has 0 bridgehead atoms.